The normalized spacial score (nSPS) is 30.7. The first-order valence-electron chi connectivity index (χ1n) is 5.55. The summed E-state index contributed by atoms with van der Waals surface area (Å²) in [6, 6.07) is 8.97. The number of rotatable bonds is 2. The topological polar surface area (TPSA) is 0 Å². The quantitative estimate of drug-likeness (QED) is 0.519. The fourth-order valence-corrected chi connectivity index (χ4v) is 3.46. The van der Waals surface area contributed by atoms with E-state index in [1.807, 2.05) is 0 Å². The van der Waals surface area contributed by atoms with Gasteiger partial charge in [-0.3, -0.25) is 0 Å². The zero-order valence-electron chi connectivity index (χ0n) is 8.92. The number of halogens is 2. The lowest BCUT2D eigenvalue weighted by atomic mass is 9.91. The highest BCUT2D eigenvalue weighted by molar-refractivity contribution is 14.1. The lowest BCUT2D eigenvalue weighted by Gasteiger charge is -2.17. The van der Waals surface area contributed by atoms with Crippen molar-refractivity contribution in [1.82, 2.24) is 0 Å². The first-order chi connectivity index (χ1) is 7.16. The van der Waals surface area contributed by atoms with E-state index in [1.165, 1.54) is 28.4 Å². The summed E-state index contributed by atoms with van der Waals surface area (Å²) in [5, 5.41) is 0. The number of hydrogen-bond acceptors (Lipinski definition) is 0. The van der Waals surface area contributed by atoms with Crippen LogP contribution in [0.5, 0.6) is 0 Å². The molecule has 2 heteroatoms. The van der Waals surface area contributed by atoms with E-state index < -0.39 is 0 Å². The predicted octanol–water partition coefficient (Wildman–Crippen LogP) is 4.64. The smallest absolute Gasteiger partial charge is 0.0174 e. The average molecular weight is 379 g/mol. The van der Waals surface area contributed by atoms with Crippen LogP contribution < -0.4 is 0 Å². The van der Waals surface area contributed by atoms with Crippen LogP contribution in [-0.2, 0) is 6.42 Å². The summed E-state index contributed by atoms with van der Waals surface area (Å²) in [4.78, 5) is 0.742. The molecular formula is C13H16BrI. The van der Waals surface area contributed by atoms with Gasteiger partial charge in [0, 0.05) is 8.40 Å². The summed E-state index contributed by atoms with van der Waals surface area (Å²) in [7, 11) is 0. The van der Waals surface area contributed by atoms with Gasteiger partial charge in [0.15, 0.2) is 0 Å². The molecule has 0 bridgehead atoms. The van der Waals surface area contributed by atoms with Gasteiger partial charge in [-0.1, -0.05) is 35.0 Å². The minimum atomic E-state index is 0.742. The Bertz CT molecular complexity index is 320. The third-order valence-electron chi connectivity index (χ3n) is 3.54. The highest BCUT2D eigenvalue weighted by Crippen LogP contribution is 2.38. The molecule has 0 heterocycles. The molecule has 0 aliphatic heterocycles. The second kappa shape index (κ2) is 5.17. The lowest BCUT2D eigenvalue weighted by Crippen LogP contribution is -2.12. The van der Waals surface area contributed by atoms with Crippen LogP contribution in [0.1, 0.15) is 25.3 Å². The van der Waals surface area contributed by atoms with E-state index in [9.17, 15) is 0 Å². The predicted molar refractivity (Wildman–Crippen MR) is 77.5 cm³/mol. The van der Waals surface area contributed by atoms with Gasteiger partial charge in [-0.05, 0) is 71.4 Å². The van der Waals surface area contributed by atoms with E-state index in [4.69, 9.17) is 0 Å². The Balaban J connectivity index is 2.00. The summed E-state index contributed by atoms with van der Waals surface area (Å²) in [5.74, 6) is 1.69. The van der Waals surface area contributed by atoms with E-state index >= 15 is 0 Å². The van der Waals surface area contributed by atoms with Gasteiger partial charge in [0.05, 0.1) is 0 Å². The number of hydrogen-bond donors (Lipinski definition) is 0. The molecule has 0 N–H and O–H groups in total. The van der Waals surface area contributed by atoms with Gasteiger partial charge in [0.25, 0.3) is 0 Å². The molecule has 0 saturated heterocycles. The van der Waals surface area contributed by atoms with Crippen molar-refractivity contribution in [1.29, 1.82) is 0 Å². The molecule has 0 spiro atoms. The van der Waals surface area contributed by atoms with Gasteiger partial charge in [-0.2, -0.15) is 0 Å². The summed E-state index contributed by atoms with van der Waals surface area (Å²) < 4.78 is 1.33. The molecule has 1 saturated carbocycles. The zero-order valence-corrected chi connectivity index (χ0v) is 12.7. The van der Waals surface area contributed by atoms with Gasteiger partial charge < -0.3 is 0 Å². The van der Waals surface area contributed by atoms with Crippen LogP contribution in [0, 0.1) is 15.4 Å². The molecule has 0 aromatic heterocycles. The molecule has 0 amide bonds. The van der Waals surface area contributed by atoms with Crippen LogP contribution in [0.25, 0.3) is 0 Å². The number of alkyl halides is 1. The molecule has 1 aromatic rings. The van der Waals surface area contributed by atoms with Crippen LogP contribution >= 0.6 is 38.5 Å². The monoisotopic (exact) mass is 378 g/mol. The third kappa shape index (κ3) is 2.96. The van der Waals surface area contributed by atoms with Crippen LogP contribution in [0.15, 0.2) is 24.3 Å². The molecule has 1 aromatic carbocycles. The van der Waals surface area contributed by atoms with Gasteiger partial charge in [0.1, 0.15) is 0 Å². The fourth-order valence-electron chi connectivity index (χ4n) is 2.41. The van der Waals surface area contributed by atoms with Crippen molar-refractivity contribution < 1.29 is 0 Å². The Hall–Kier alpha value is 0.430. The Morgan fingerprint density at radius 3 is 2.47 bits per heavy atom. The van der Waals surface area contributed by atoms with E-state index in [1.54, 1.807) is 0 Å². The van der Waals surface area contributed by atoms with Crippen molar-refractivity contribution in [2.45, 2.75) is 31.0 Å². The van der Waals surface area contributed by atoms with Gasteiger partial charge in [0.2, 0.25) is 0 Å². The second-order valence-corrected chi connectivity index (χ2v) is 6.96. The largest absolute Gasteiger partial charge is 0.0888 e. The van der Waals surface area contributed by atoms with Gasteiger partial charge in [-0.25, -0.2) is 0 Å². The van der Waals surface area contributed by atoms with Crippen molar-refractivity contribution in [2.24, 2.45) is 11.8 Å². The van der Waals surface area contributed by atoms with Crippen LogP contribution in [0.4, 0.5) is 0 Å². The summed E-state index contributed by atoms with van der Waals surface area (Å²) >= 11 is 6.13. The maximum atomic E-state index is 3.77. The average Bonchev–Trinajstić information content (AvgIpc) is 2.53. The summed E-state index contributed by atoms with van der Waals surface area (Å²) in [6.45, 7) is 2.38. The van der Waals surface area contributed by atoms with Crippen molar-refractivity contribution >= 4 is 38.5 Å². The lowest BCUT2D eigenvalue weighted by molar-refractivity contribution is 0.423. The first kappa shape index (κ1) is 11.9. The van der Waals surface area contributed by atoms with Crippen LogP contribution in [0.3, 0.4) is 0 Å². The molecule has 82 valence electrons. The van der Waals surface area contributed by atoms with Crippen molar-refractivity contribution in [3.63, 3.8) is 0 Å². The van der Waals surface area contributed by atoms with E-state index in [2.05, 4.69) is 69.7 Å². The minimum Gasteiger partial charge on any atom is -0.0888 e. The minimum absolute atomic E-state index is 0.742. The molecule has 1 aliphatic carbocycles. The van der Waals surface area contributed by atoms with Crippen molar-refractivity contribution in [2.75, 3.05) is 0 Å². The van der Waals surface area contributed by atoms with Gasteiger partial charge >= 0.3 is 0 Å². The molecule has 2 rings (SSSR count). The van der Waals surface area contributed by atoms with E-state index in [0.717, 1.165) is 16.7 Å². The molecular weight excluding hydrogens is 363 g/mol. The Labute approximate surface area is 114 Å². The summed E-state index contributed by atoms with van der Waals surface area (Å²) in [6.07, 6.45) is 3.97. The molecule has 1 aliphatic rings. The molecule has 0 nitrogen and oxygen atoms in total. The fraction of sp³-hybridized carbons (Fsp3) is 0.538. The molecule has 3 unspecified atom stereocenters. The Morgan fingerprint density at radius 1 is 1.27 bits per heavy atom. The Kier molecular flexibility index (Phi) is 4.10. The van der Waals surface area contributed by atoms with Crippen molar-refractivity contribution in [3.8, 4) is 0 Å². The molecule has 0 radical (unpaired) electrons. The summed E-state index contributed by atoms with van der Waals surface area (Å²) in [5.41, 5.74) is 1.49. The standard InChI is InChI=1S/C13H16BrI/c1-9-11(4-7-13(9)14)8-10-2-5-12(15)6-3-10/h2-3,5-6,9,11,13H,4,7-8H2,1H3. The first-order valence-corrected chi connectivity index (χ1v) is 7.55. The highest BCUT2D eigenvalue weighted by atomic mass is 127. The number of benzene rings is 1. The van der Waals surface area contributed by atoms with Crippen molar-refractivity contribution in [3.05, 3.63) is 33.4 Å². The van der Waals surface area contributed by atoms with Crippen LogP contribution in [0.2, 0.25) is 0 Å². The Morgan fingerprint density at radius 2 is 1.93 bits per heavy atom. The molecule has 1 fully saturated rings. The maximum absolute atomic E-state index is 3.77. The van der Waals surface area contributed by atoms with E-state index in [0.29, 0.717) is 0 Å². The molecule has 3 atom stereocenters. The third-order valence-corrected chi connectivity index (χ3v) is 5.55. The van der Waals surface area contributed by atoms with Gasteiger partial charge in [-0.15, -0.1) is 0 Å². The highest BCUT2D eigenvalue weighted by Gasteiger charge is 2.30. The second-order valence-electron chi connectivity index (χ2n) is 4.54. The maximum Gasteiger partial charge on any atom is 0.0174 e. The van der Waals surface area contributed by atoms with E-state index in [-0.39, 0.29) is 0 Å². The molecule has 15 heavy (non-hydrogen) atoms. The SMILES string of the molecule is CC1C(Br)CCC1Cc1ccc(I)cc1. The zero-order chi connectivity index (χ0) is 10.8. The van der Waals surface area contributed by atoms with Crippen LogP contribution in [-0.4, -0.2) is 4.83 Å².